The molecule has 0 radical (unpaired) electrons. The number of carbonyl (C=O) groups excluding carboxylic acids is 1. The van der Waals surface area contributed by atoms with Crippen LogP contribution in [0.2, 0.25) is 0 Å². The first-order valence-electron chi connectivity index (χ1n) is 9.28. The second-order valence-electron chi connectivity index (χ2n) is 6.87. The highest BCUT2D eigenvalue weighted by molar-refractivity contribution is 6.04. The van der Waals surface area contributed by atoms with Crippen LogP contribution in [0.4, 0.5) is 28.9 Å². The van der Waals surface area contributed by atoms with Gasteiger partial charge in [0.1, 0.15) is 5.82 Å². The minimum Gasteiger partial charge on any atom is -0.371 e. The fourth-order valence-electron chi connectivity index (χ4n) is 3.40. The zero-order valence-corrected chi connectivity index (χ0v) is 15.7. The Bertz CT molecular complexity index is 1060. The molecule has 1 saturated heterocycles. The van der Waals surface area contributed by atoms with E-state index in [0.717, 1.165) is 55.9 Å². The van der Waals surface area contributed by atoms with Gasteiger partial charge in [-0.2, -0.15) is 13.2 Å². The molecule has 0 bridgehead atoms. The van der Waals surface area contributed by atoms with Crippen LogP contribution in [0.15, 0.2) is 48.5 Å². The second kappa shape index (κ2) is 7.77. The van der Waals surface area contributed by atoms with Crippen molar-refractivity contribution in [3.8, 4) is 5.69 Å². The normalized spacial score (nSPS) is 14.2. The van der Waals surface area contributed by atoms with Crippen LogP contribution in [-0.2, 0) is 6.18 Å². The van der Waals surface area contributed by atoms with Crippen molar-refractivity contribution in [2.75, 3.05) is 23.3 Å². The minimum absolute atomic E-state index is 0.0636. The Labute approximate surface area is 169 Å². The smallest absolute Gasteiger partial charge is 0.371 e. The third-order valence-corrected chi connectivity index (χ3v) is 4.80. The van der Waals surface area contributed by atoms with Gasteiger partial charge < -0.3 is 10.2 Å². The molecule has 0 spiro atoms. The highest BCUT2D eigenvalue weighted by Gasteiger charge is 2.42. The van der Waals surface area contributed by atoms with Gasteiger partial charge in [0.25, 0.3) is 5.91 Å². The van der Waals surface area contributed by atoms with E-state index in [1.165, 1.54) is 0 Å². The van der Waals surface area contributed by atoms with Crippen molar-refractivity contribution in [3.63, 3.8) is 0 Å². The third-order valence-electron chi connectivity index (χ3n) is 4.80. The predicted molar refractivity (Wildman–Crippen MR) is 102 cm³/mol. The zero-order chi connectivity index (χ0) is 21.3. The maximum Gasteiger partial charge on any atom is 0.435 e. The van der Waals surface area contributed by atoms with Crippen molar-refractivity contribution < 1.29 is 22.4 Å². The maximum atomic E-state index is 13.7. The molecule has 1 fully saturated rings. The Kier molecular flexibility index (Phi) is 5.15. The van der Waals surface area contributed by atoms with Gasteiger partial charge in [0.15, 0.2) is 11.4 Å². The first-order chi connectivity index (χ1) is 14.3. The molecule has 30 heavy (non-hydrogen) atoms. The molecular formula is C20H17F4N5O. The van der Waals surface area contributed by atoms with Crippen LogP contribution < -0.4 is 10.2 Å². The summed E-state index contributed by atoms with van der Waals surface area (Å²) in [5.74, 6) is -1.64. The fraction of sp³-hybridized carbons (Fsp3) is 0.250. The van der Waals surface area contributed by atoms with Crippen LogP contribution in [0, 0.1) is 5.82 Å². The van der Waals surface area contributed by atoms with Gasteiger partial charge in [-0.1, -0.05) is 11.3 Å². The van der Waals surface area contributed by atoms with Crippen molar-refractivity contribution in [1.82, 2.24) is 15.0 Å². The minimum atomic E-state index is -4.90. The van der Waals surface area contributed by atoms with Crippen molar-refractivity contribution in [1.29, 1.82) is 0 Å². The molecule has 1 amide bonds. The Hall–Kier alpha value is -3.43. The number of aromatic nitrogens is 3. The number of halogens is 4. The van der Waals surface area contributed by atoms with E-state index >= 15 is 0 Å². The summed E-state index contributed by atoms with van der Waals surface area (Å²) in [6.07, 6.45) is -2.77. The number of nitrogens with one attached hydrogen (secondary N) is 1. The van der Waals surface area contributed by atoms with Crippen LogP contribution in [0.3, 0.4) is 0 Å². The molecule has 0 saturated carbocycles. The fourth-order valence-corrected chi connectivity index (χ4v) is 3.40. The van der Waals surface area contributed by atoms with Gasteiger partial charge in [0.05, 0.1) is 5.69 Å². The quantitative estimate of drug-likeness (QED) is 0.642. The Morgan fingerprint density at radius 3 is 2.37 bits per heavy atom. The van der Waals surface area contributed by atoms with Gasteiger partial charge >= 0.3 is 6.18 Å². The lowest BCUT2D eigenvalue weighted by Crippen LogP contribution is -2.21. The van der Waals surface area contributed by atoms with Gasteiger partial charge in [0.2, 0.25) is 0 Å². The van der Waals surface area contributed by atoms with E-state index in [9.17, 15) is 22.4 Å². The molecule has 0 unspecified atom stereocenters. The molecule has 4 rings (SSSR count). The van der Waals surface area contributed by atoms with Gasteiger partial charge in [-0.25, -0.2) is 9.07 Å². The molecule has 2 heterocycles. The summed E-state index contributed by atoms with van der Waals surface area (Å²) in [6.45, 7) is 1.78. The largest absolute Gasteiger partial charge is 0.435 e. The molecule has 3 aromatic rings. The number of hydrogen-bond donors (Lipinski definition) is 1. The van der Waals surface area contributed by atoms with E-state index < -0.39 is 29.3 Å². The molecule has 0 atom stereocenters. The summed E-state index contributed by atoms with van der Waals surface area (Å²) in [6, 6.07) is 11.2. The van der Waals surface area contributed by atoms with Crippen LogP contribution >= 0.6 is 0 Å². The van der Waals surface area contributed by atoms with Crippen molar-refractivity contribution in [2.45, 2.75) is 19.0 Å². The summed E-state index contributed by atoms with van der Waals surface area (Å²) in [5, 5.41) is 9.40. The molecule has 1 N–H and O–H groups in total. The SMILES string of the molecule is O=C(Nc1cccc(N2CCCC2)c1)c1nnn(-c2ccc(F)cc2)c1C(F)(F)F. The molecule has 1 aliphatic rings. The van der Waals surface area contributed by atoms with E-state index in [1.54, 1.807) is 18.2 Å². The molecule has 2 aromatic carbocycles. The van der Waals surface area contributed by atoms with E-state index in [2.05, 4.69) is 20.5 Å². The van der Waals surface area contributed by atoms with E-state index in [4.69, 9.17) is 0 Å². The topological polar surface area (TPSA) is 63.1 Å². The number of carbonyl (C=O) groups is 1. The Balaban J connectivity index is 1.64. The van der Waals surface area contributed by atoms with E-state index in [1.807, 2.05) is 6.07 Å². The molecule has 156 valence electrons. The molecule has 10 heteroatoms. The van der Waals surface area contributed by atoms with E-state index in [-0.39, 0.29) is 5.69 Å². The number of amides is 1. The predicted octanol–water partition coefficient (Wildman–Crippen LogP) is 4.28. The average molecular weight is 419 g/mol. The lowest BCUT2D eigenvalue weighted by Gasteiger charge is -2.18. The number of alkyl halides is 3. The van der Waals surface area contributed by atoms with Crippen molar-refractivity contribution in [3.05, 3.63) is 65.7 Å². The first-order valence-corrected chi connectivity index (χ1v) is 9.28. The van der Waals surface area contributed by atoms with Gasteiger partial charge in [0, 0.05) is 24.5 Å². The lowest BCUT2D eigenvalue weighted by atomic mass is 10.2. The maximum absolute atomic E-state index is 13.7. The summed E-state index contributed by atoms with van der Waals surface area (Å²) in [5.41, 5.74) is -1.02. The molecule has 1 aromatic heterocycles. The van der Waals surface area contributed by atoms with Crippen LogP contribution in [0.5, 0.6) is 0 Å². The standard InChI is InChI=1S/C20H17F4N5O/c21-13-6-8-15(9-7-13)29-18(20(22,23)24)17(26-27-29)19(30)25-14-4-3-5-16(12-14)28-10-1-2-11-28/h3-9,12H,1-2,10-11H2,(H,25,30). The average Bonchev–Trinajstić information content (AvgIpc) is 3.39. The van der Waals surface area contributed by atoms with Gasteiger partial charge in [-0.15, -0.1) is 5.10 Å². The summed E-state index contributed by atoms with van der Waals surface area (Å²) < 4.78 is 54.7. The Morgan fingerprint density at radius 1 is 1.00 bits per heavy atom. The van der Waals surface area contributed by atoms with Crippen LogP contribution in [0.25, 0.3) is 5.69 Å². The molecule has 0 aliphatic carbocycles. The van der Waals surface area contributed by atoms with Crippen molar-refractivity contribution in [2.24, 2.45) is 0 Å². The molecule has 6 nitrogen and oxygen atoms in total. The number of nitrogens with zero attached hydrogens (tertiary/aromatic N) is 4. The summed E-state index contributed by atoms with van der Waals surface area (Å²) in [7, 11) is 0. The Morgan fingerprint density at radius 2 is 1.70 bits per heavy atom. The van der Waals surface area contributed by atoms with Crippen LogP contribution in [-0.4, -0.2) is 34.0 Å². The molecule has 1 aliphatic heterocycles. The summed E-state index contributed by atoms with van der Waals surface area (Å²) >= 11 is 0. The van der Waals surface area contributed by atoms with E-state index in [0.29, 0.717) is 10.4 Å². The highest BCUT2D eigenvalue weighted by atomic mass is 19.4. The first kappa shape index (κ1) is 19.9. The monoisotopic (exact) mass is 419 g/mol. The number of hydrogen-bond acceptors (Lipinski definition) is 4. The van der Waals surface area contributed by atoms with Gasteiger partial charge in [-0.3, -0.25) is 4.79 Å². The van der Waals surface area contributed by atoms with Crippen molar-refractivity contribution >= 4 is 17.3 Å². The number of rotatable bonds is 4. The third kappa shape index (κ3) is 3.98. The van der Waals surface area contributed by atoms with Crippen LogP contribution in [0.1, 0.15) is 29.0 Å². The summed E-state index contributed by atoms with van der Waals surface area (Å²) in [4.78, 5) is 14.8. The number of benzene rings is 2. The lowest BCUT2D eigenvalue weighted by molar-refractivity contribution is -0.143. The zero-order valence-electron chi connectivity index (χ0n) is 15.7. The molecular weight excluding hydrogens is 402 g/mol. The second-order valence-corrected chi connectivity index (χ2v) is 6.87. The highest BCUT2D eigenvalue weighted by Crippen LogP contribution is 2.33. The number of anilines is 2. The van der Waals surface area contributed by atoms with Gasteiger partial charge in [-0.05, 0) is 55.3 Å².